The normalized spacial score (nSPS) is 23.8. The van der Waals surface area contributed by atoms with Crippen LogP contribution in [-0.2, 0) is 4.79 Å². The van der Waals surface area contributed by atoms with Crippen LogP contribution in [0.5, 0.6) is 5.75 Å². The molecule has 1 amide bonds. The molecular formula is C26H36N4O2. The average Bonchev–Trinajstić information content (AvgIpc) is 3.28. The fraction of sp³-hybridized carbons (Fsp3) is 0.500. The van der Waals surface area contributed by atoms with Crippen molar-refractivity contribution in [1.82, 2.24) is 15.8 Å². The number of hydrazine groups is 1. The maximum Gasteiger partial charge on any atom is 0.224 e. The highest BCUT2D eigenvalue weighted by Gasteiger charge is 2.31. The van der Waals surface area contributed by atoms with Crippen LogP contribution in [0.3, 0.4) is 0 Å². The van der Waals surface area contributed by atoms with Crippen LogP contribution in [-0.4, -0.2) is 44.1 Å². The number of likely N-dealkylation sites (tertiary alicyclic amines) is 1. The van der Waals surface area contributed by atoms with E-state index in [-0.39, 0.29) is 5.91 Å². The molecule has 2 aliphatic heterocycles. The van der Waals surface area contributed by atoms with Crippen LogP contribution in [0.1, 0.15) is 42.9 Å². The van der Waals surface area contributed by atoms with Gasteiger partial charge in [-0.05, 0) is 68.0 Å². The standard InChI is InChI=1S/C26H36N4O2/c1-19-15-23(32-2)11-12-24(19)28-25(31)13-10-20-7-6-14-30(17-20)18-22-16-27-29-26(22)21-8-4-3-5-9-21/h3-5,8-9,11-12,15,20,22,26-27,29H,6-7,10,13-14,16-18H2,1-2H3,(H,28,31). The van der Waals surface area contributed by atoms with Gasteiger partial charge in [-0.2, -0.15) is 0 Å². The first-order chi connectivity index (χ1) is 15.6. The molecule has 3 atom stereocenters. The van der Waals surface area contributed by atoms with Gasteiger partial charge in [-0.25, -0.2) is 5.43 Å². The van der Waals surface area contributed by atoms with Gasteiger partial charge in [0.15, 0.2) is 0 Å². The van der Waals surface area contributed by atoms with Gasteiger partial charge in [0, 0.05) is 37.7 Å². The Morgan fingerprint density at radius 1 is 1.22 bits per heavy atom. The van der Waals surface area contributed by atoms with Crippen molar-refractivity contribution in [2.24, 2.45) is 11.8 Å². The van der Waals surface area contributed by atoms with Crippen LogP contribution in [0.2, 0.25) is 0 Å². The largest absolute Gasteiger partial charge is 0.497 e. The van der Waals surface area contributed by atoms with E-state index in [1.807, 2.05) is 25.1 Å². The lowest BCUT2D eigenvalue weighted by Gasteiger charge is -2.35. The van der Waals surface area contributed by atoms with E-state index in [1.54, 1.807) is 7.11 Å². The number of hydrogen-bond donors (Lipinski definition) is 3. The molecule has 0 aromatic heterocycles. The summed E-state index contributed by atoms with van der Waals surface area (Å²) in [6.07, 6.45) is 3.95. The van der Waals surface area contributed by atoms with Crippen LogP contribution < -0.4 is 20.9 Å². The van der Waals surface area contributed by atoms with Crippen molar-refractivity contribution in [3.8, 4) is 5.75 Å². The second-order valence-electron chi connectivity index (χ2n) is 9.21. The Hall–Kier alpha value is -2.41. The first kappa shape index (κ1) is 22.8. The minimum atomic E-state index is 0.101. The summed E-state index contributed by atoms with van der Waals surface area (Å²) >= 11 is 0. The number of nitrogens with zero attached hydrogens (tertiary/aromatic N) is 1. The monoisotopic (exact) mass is 436 g/mol. The van der Waals surface area contributed by atoms with Gasteiger partial charge in [0.2, 0.25) is 5.91 Å². The SMILES string of the molecule is COc1ccc(NC(=O)CCC2CCCN(CC3CNNC3c3ccccc3)C2)c(C)c1. The van der Waals surface area contributed by atoms with Gasteiger partial charge in [-0.15, -0.1) is 0 Å². The molecule has 2 saturated heterocycles. The third-order valence-electron chi connectivity index (χ3n) is 6.84. The summed E-state index contributed by atoms with van der Waals surface area (Å²) < 4.78 is 5.25. The molecule has 3 N–H and O–H groups in total. The maximum absolute atomic E-state index is 12.5. The number of piperidine rings is 1. The number of aryl methyl sites for hydroxylation is 1. The summed E-state index contributed by atoms with van der Waals surface area (Å²) in [5.74, 6) is 2.05. The predicted octanol–water partition coefficient (Wildman–Crippen LogP) is 3.90. The number of amides is 1. The number of benzene rings is 2. The van der Waals surface area contributed by atoms with Crippen molar-refractivity contribution in [2.75, 3.05) is 38.6 Å². The second-order valence-corrected chi connectivity index (χ2v) is 9.21. The fourth-order valence-corrected chi connectivity index (χ4v) is 5.06. The lowest BCUT2D eigenvalue weighted by Crippen LogP contribution is -2.40. The Kier molecular flexibility index (Phi) is 7.79. The van der Waals surface area contributed by atoms with Gasteiger partial charge in [0.1, 0.15) is 5.75 Å². The lowest BCUT2D eigenvalue weighted by atomic mass is 9.90. The molecule has 0 radical (unpaired) electrons. The maximum atomic E-state index is 12.5. The number of rotatable bonds is 8. The quantitative estimate of drug-likeness (QED) is 0.586. The first-order valence-electron chi connectivity index (χ1n) is 11.8. The molecule has 2 fully saturated rings. The van der Waals surface area contributed by atoms with Crippen LogP contribution in [0.4, 0.5) is 5.69 Å². The fourth-order valence-electron chi connectivity index (χ4n) is 5.06. The molecule has 4 rings (SSSR count). The minimum Gasteiger partial charge on any atom is -0.497 e. The summed E-state index contributed by atoms with van der Waals surface area (Å²) in [6, 6.07) is 16.8. The number of carbonyl (C=O) groups excluding carboxylic acids is 1. The van der Waals surface area contributed by atoms with E-state index in [1.165, 1.54) is 18.4 Å². The molecule has 0 bridgehead atoms. The third-order valence-corrected chi connectivity index (χ3v) is 6.84. The lowest BCUT2D eigenvalue weighted by molar-refractivity contribution is -0.116. The van der Waals surface area contributed by atoms with E-state index in [4.69, 9.17) is 4.74 Å². The highest BCUT2D eigenvalue weighted by atomic mass is 16.5. The zero-order valence-corrected chi connectivity index (χ0v) is 19.3. The van der Waals surface area contributed by atoms with E-state index >= 15 is 0 Å². The zero-order valence-electron chi connectivity index (χ0n) is 19.3. The highest BCUT2D eigenvalue weighted by molar-refractivity contribution is 5.91. The smallest absolute Gasteiger partial charge is 0.224 e. The Morgan fingerprint density at radius 3 is 2.84 bits per heavy atom. The number of carbonyl (C=O) groups is 1. The van der Waals surface area contributed by atoms with Gasteiger partial charge >= 0.3 is 0 Å². The number of hydrogen-bond acceptors (Lipinski definition) is 5. The van der Waals surface area contributed by atoms with Crippen LogP contribution in [0.15, 0.2) is 48.5 Å². The van der Waals surface area contributed by atoms with Gasteiger partial charge in [-0.3, -0.25) is 10.2 Å². The predicted molar refractivity (Wildman–Crippen MR) is 129 cm³/mol. The van der Waals surface area contributed by atoms with Crippen molar-refractivity contribution in [3.63, 3.8) is 0 Å². The summed E-state index contributed by atoms with van der Waals surface area (Å²) in [4.78, 5) is 15.2. The molecule has 3 unspecified atom stereocenters. The Balaban J connectivity index is 1.25. The Labute approximate surface area is 191 Å². The van der Waals surface area contributed by atoms with E-state index in [2.05, 4.69) is 51.4 Å². The molecule has 6 heteroatoms. The zero-order chi connectivity index (χ0) is 22.3. The van der Waals surface area contributed by atoms with E-state index in [0.717, 1.165) is 49.6 Å². The molecule has 32 heavy (non-hydrogen) atoms. The molecule has 0 saturated carbocycles. The van der Waals surface area contributed by atoms with Gasteiger partial charge < -0.3 is 15.0 Å². The molecule has 172 valence electrons. The van der Waals surface area contributed by atoms with E-state index in [9.17, 15) is 4.79 Å². The van der Waals surface area contributed by atoms with Gasteiger partial charge in [0.25, 0.3) is 0 Å². The van der Waals surface area contributed by atoms with E-state index in [0.29, 0.717) is 24.3 Å². The summed E-state index contributed by atoms with van der Waals surface area (Å²) in [7, 11) is 1.65. The third kappa shape index (κ3) is 5.88. The number of methoxy groups -OCH3 is 1. The molecule has 2 aliphatic rings. The number of ether oxygens (including phenoxy) is 1. The molecule has 0 aliphatic carbocycles. The van der Waals surface area contributed by atoms with Crippen molar-refractivity contribution in [1.29, 1.82) is 0 Å². The van der Waals surface area contributed by atoms with E-state index < -0.39 is 0 Å². The Bertz CT molecular complexity index is 889. The highest BCUT2D eigenvalue weighted by Crippen LogP contribution is 2.28. The molecule has 2 heterocycles. The minimum absolute atomic E-state index is 0.101. The van der Waals surface area contributed by atoms with Crippen molar-refractivity contribution in [3.05, 3.63) is 59.7 Å². The number of anilines is 1. The molecule has 2 aromatic carbocycles. The summed E-state index contributed by atoms with van der Waals surface area (Å²) in [5, 5.41) is 3.07. The summed E-state index contributed by atoms with van der Waals surface area (Å²) in [6.45, 7) is 6.32. The Morgan fingerprint density at radius 2 is 2.06 bits per heavy atom. The molecule has 2 aromatic rings. The average molecular weight is 437 g/mol. The van der Waals surface area contributed by atoms with Crippen LogP contribution in [0, 0.1) is 18.8 Å². The molecule has 6 nitrogen and oxygen atoms in total. The van der Waals surface area contributed by atoms with Crippen LogP contribution >= 0.6 is 0 Å². The van der Waals surface area contributed by atoms with Crippen molar-refractivity contribution in [2.45, 2.75) is 38.6 Å². The summed E-state index contributed by atoms with van der Waals surface area (Å²) in [5.41, 5.74) is 10.1. The topological polar surface area (TPSA) is 65.6 Å². The van der Waals surface area contributed by atoms with Crippen LogP contribution in [0.25, 0.3) is 0 Å². The molecule has 0 spiro atoms. The second kappa shape index (κ2) is 10.9. The van der Waals surface area contributed by atoms with Gasteiger partial charge in [-0.1, -0.05) is 30.3 Å². The number of nitrogens with one attached hydrogen (secondary N) is 3. The van der Waals surface area contributed by atoms with Crippen molar-refractivity contribution >= 4 is 11.6 Å². The van der Waals surface area contributed by atoms with Crippen molar-refractivity contribution < 1.29 is 9.53 Å². The van der Waals surface area contributed by atoms with Gasteiger partial charge in [0.05, 0.1) is 13.2 Å². The molecular weight excluding hydrogens is 400 g/mol. The first-order valence-corrected chi connectivity index (χ1v) is 11.8.